The largest absolute Gasteiger partial charge is 0.389 e. The SMILES string of the molecule is Cc1ccc(C)c(NC(=O)C2C(=O)CC(C)(O)C(C(=O)Nc3cc(C)ccc3C)C2c2ccccc2Cl)c1. The fraction of sp³-hybridized carbons (Fsp3) is 0.323. The normalized spacial score (nSPS) is 23.1. The number of amides is 2. The third-order valence-corrected chi connectivity index (χ3v) is 7.74. The lowest BCUT2D eigenvalue weighted by Crippen LogP contribution is -2.56. The van der Waals surface area contributed by atoms with E-state index in [1.165, 1.54) is 6.92 Å². The van der Waals surface area contributed by atoms with Gasteiger partial charge < -0.3 is 15.7 Å². The van der Waals surface area contributed by atoms with E-state index in [1.807, 2.05) is 64.1 Å². The van der Waals surface area contributed by atoms with Crippen LogP contribution in [0.25, 0.3) is 0 Å². The highest BCUT2D eigenvalue weighted by atomic mass is 35.5. The van der Waals surface area contributed by atoms with Crippen molar-refractivity contribution in [2.75, 3.05) is 10.6 Å². The van der Waals surface area contributed by atoms with Gasteiger partial charge in [0.15, 0.2) is 0 Å². The van der Waals surface area contributed by atoms with Crippen molar-refractivity contribution in [3.8, 4) is 0 Å². The number of benzene rings is 3. The van der Waals surface area contributed by atoms with Gasteiger partial charge in [-0.15, -0.1) is 0 Å². The van der Waals surface area contributed by atoms with Gasteiger partial charge in [0.05, 0.1) is 11.5 Å². The fourth-order valence-electron chi connectivity index (χ4n) is 5.37. The summed E-state index contributed by atoms with van der Waals surface area (Å²) in [6.45, 7) is 9.06. The summed E-state index contributed by atoms with van der Waals surface area (Å²) in [7, 11) is 0. The van der Waals surface area contributed by atoms with E-state index in [0.29, 0.717) is 22.0 Å². The summed E-state index contributed by atoms with van der Waals surface area (Å²) >= 11 is 6.59. The number of halogens is 1. The van der Waals surface area contributed by atoms with Gasteiger partial charge in [0, 0.05) is 28.7 Å². The number of aliphatic hydroxyl groups is 1. The van der Waals surface area contributed by atoms with Crippen molar-refractivity contribution >= 4 is 40.6 Å². The second-order valence-electron chi connectivity index (χ2n) is 10.6. The van der Waals surface area contributed by atoms with E-state index in [9.17, 15) is 19.5 Å². The van der Waals surface area contributed by atoms with E-state index < -0.39 is 41.0 Å². The number of Topliss-reactive ketones (excluding diaryl/α,β-unsaturated/α-hetero) is 1. The monoisotopic (exact) mass is 532 g/mol. The number of aryl methyl sites for hydroxylation is 4. The van der Waals surface area contributed by atoms with E-state index in [-0.39, 0.29) is 6.42 Å². The predicted molar refractivity (Wildman–Crippen MR) is 151 cm³/mol. The van der Waals surface area contributed by atoms with Gasteiger partial charge in [-0.2, -0.15) is 0 Å². The minimum Gasteiger partial charge on any atom is -0.389 e. The molecule has 0 aliphatic heterocycles. The Labute approximate surface area is 228 Å². The van der Waals surface area contributed by atoms with Gasteiger partial charge in [-0.3, -0.25) is 14.4 Å². The number of ketones is 1. The molecule has 0 radical (unpaired) electrons. The molecule has 6 nitrogen and oxygen atoms in total. The average Bonchev–Trinajstić information content (AvgIpc) is 2.82. The molecule has 3 aromatic carbocycles. The molecular formula is C31H33ClN2O4. The van der Waals surface area contributed by atoms with Gasteiger partial charge in [-0.05, 0) is 80.6 Å². The minimum absolute atomic E-state index is 0.317. The molecule has 1 saturated carbocycles. The Morgan fingerprint density at radius 2 is 1.39 bits per heavy atom. The van der Waals surface area contributed by atoms with Gasteiger partial charge in [0.25, 0.3) is 0 Å². The van der Waals surface area contributed by atoms with Gasteiger partial charge in [0.1, 0.15) is 11.7 Å². The van der Waals surface area contributed by atoms with Crippen LogP contribution in [0, 0.1) is 39.5 Å². The maximum atomic E-state index is 13.9. The number of anilines is 2. The molecule has 4 rings (SSSR count). The summed E-state index contributed by atoms with van der Waals surface area (Å²) in [5.41, 5.74) is 3.57. The highest BCUT2D eigenvalue weighted by molar-refractivity contribution is 6.31. The number of hydrogen-bond acceptors (Lipinski definition) is 4. The predicted octanol–water partition coefficient (Wildman–Crippen LogP) is 5.89. The van der Waals surface area contributed by atoms with Gasteiger partial charge >= 0.3 is 0 Å². The van der Waals surface area contributed by atoms with Crippen LogP contribution in [0.3, 0.4) is 0 Å². The average molecular weight is 533 g/mol. The van der Waals surface area contributed by atoms with Crippen LogP contribution in [0.4, 0.5) is 11.4 Å². The number of nitrogens with one attached hydrogen (secondary N) is 2. The van der Waals surface area contributed by atoms with Crippen molar-refractivity contribution in [3.63, 3.8) is 0 Å². The quantitative estimate of drug-likeness (QED) is 0.357. The highest BCUT2D eigenvalue weighted by Crippen LogP contribution is 2.48. The Bertz CT molecular complexity index is 1410. The molecule has 4 atom stereocenters. The molecule has 4 unspecified atom stereocenters. The number of carbonyl (C=O) groups excluding carboxylic acids is 3. The molecule has 1 fully saturated rings. The summed E-state index contributed by atoms with van der Waals surface area (Å²) in [6.07, 6.45) is -0.344. The Morgan fingerprint density at radius 1 is 0.868 bits per heavy atom. The molecule has 0 saturated heterocycles. The van der Waals surface area contributed by atoms with Crippen molar-refractivity contribution < 1.29 is 19.5 Å². The van der Waals surface area contributed by atoms with Crippen molar-refractivity contribution in [3.05, 3.63) is 93.5 Å². The third kappa shape index (κ3) is 5.52. The van der Waals surface area contributed by atoms with Crippen LogP contribution < -0.4 is 10.6 Å². The third-order valence-electron chi connectivity index (χ3n) is 7.40. The zero-order valence-electron chi connectivity index (χ0n) is 22.3. The first-order valence-electron chi connectivity index (χ1n) is 12.6. The first kappa shape index (κ1) is 27.6. The molecule has 3 aromatic rings. The molecule has 0 heterocycles. The van der Waals surface area contributed by atoms with E-state index in [2.05, 4.69) is 10.6 Å². The molecule has 198 valence electrons. The number of hydrogen-bond donors (Lipinski definition) is 3. The lowest BCUT2D eigenvalue weighted by atomic mass is 9.61. The molecule has 0 aromatic heterocycles. The van der Waals surface area contributed by atoms with Crippen LogP contribution in [-0.4, -0.2) is 28.3 Å². The van der Waals surface area contributed by atoms with Crippen LogP contribution in [0.5, 0.6) is 0 Å². The van der Waals surface area contributed by atoms with Crippen molar-refractivity contribution in [2.45, 2.75) is 52.6 Å². The topological polar surface area (TPSA) is 95.5 Å². The smallest absolute Gasteiger partial charge is 0.235 e. The van der Waals surface area contributed by atoms with Crippen LogP contribution in [0.15, 0.2) is 60.7 Å². The zero-order valence-corrected chi connectivity index (χ0v) is 23.0. The summed E-state index contributed by atoms with van der Waals surface area (Å²) < 4.78 is 0. The maximum absolute atomic E-state index is 13.9. The van der Waals surface area contributed by atoms with Crippen LogP contribution in [0.1, 0.15) is 47.1 Å². The zero-order chi connectivity index (χ0) is 27.8. The molecule has 2 amide bonds. The molecule has 7 heteroatoms. The Balaban J connectivity index is 1.81. The van der Waals surface area contributed by atoms with Crippen LogP contribution >= 0.6 is 11.6 Å². The summed E-state index contributed by atoms with van der Waals surface area (Å²) in [5.74, 6) is -4.81. The molecule has 1 aliphatic carbocycles. The van der Waals surface area contributed by atoms with E-state index in [1.54, 1.807) is 24.3 Å². The summed E-state index contributed by atoms with van der Waals surface area (Å²) in [5, 5.41) is 17.7. The standard InChI is InChI=1S/C31H33ClN2O4/c1-17-10-12-19(3)23(14-17)33-29(36)27-25(35)16-31(5,38)28(26(27)21-8-6-7-9-22(21)32)30(37)34-24-15-18(2)11-13-20(24)4/h6-15,26-28,38H,16H2,1-5H3,(H,33,36)(H,34,37). The molecule has 0 bridgehead atoms. The lowest BCUT2D eigenvalue weighted by Gasteiger charge is -2.44. The van der Waals surface area contributed by atoms with Crippen LogP contribution in [0.2, 0.25) is 5.02 Å². The lowest BCUT2D eigenvalue weighted by molar-refractivity contribution is -0.150. The summed E-state index contributed by atoms with van der Waals surface area (Å²) in [4.78, 5) is 41.2. The number of carbonyl (C=O) groups is 3. The minimum atomic E-state index is -1.71. The van der Waals surface area contributed by atoms with Crippen molar-refractivity contribution in [1.29, 1.82) is 0 Å². The van der Waals surface area contributed by atoms with E-state index >= 15 is 0 Å². The first-order valence-corrected chi connectivity index (χ1v) is 13.0. The molecule has 38 heavy (non-hydrogen) atoms. The van der Waals surface area contributed by atoms with Crippen molar-refractivity contribution in [2.24, 2.45) is 11.8 Å². The van der Waals surface area contributed by atoms with Gasteiger partial charge in [-0.1, -0.05) is 54.1 Å². The van der Waals surface area contributed by atoms with E-state index in [0.717, 1.165) is 22.3 Å². The second-order valence-corrected chi connectivity index (χ2v) is 11.0. The maximum Gasteiger partial charge on any atom is 0.235 e. The molecule has 1 aliphatic rings. The molecular weight excluding hydrogens is 500 g/mol. The highest BCUT2D eigenvalue weighted by Gasteiger charge is 2.56. The fourth-order valence-corrected chi connectivity index (χ4v) is 5.64. The Hall–Kier alpha value is -3.48. The Morgan fingerprint density at radius 3 is 1.95 bits per heavy atom. The Kier molecular flexibility index (Phi) is 7.77. The first-order chi connectivity index (χ1) is 17.9. The van der Waals surface area contributed by atoms with Gasteiger partial charge in [0.2, 0.25) is 11.8 Å². The molecule has 3 N–H and O–H groups in total. The molecule has 0 spiro atoms. The van der Waals surface area contributed by atoms with E-state index in [4.69, 9.17) is 11.6 Å². The van der Waals surface area contributed by atoms with Gasteiger partial charge in [-0.25, -0.2) is 0 Å². The number of rotatable bonds is 5. The van der Waals surface area contributed by atoms with Crippen LogP contribution in [-0.2, 0) is 14.4 Å². The second kappa shape index (κ2) is 10.7. The van der Waals surface area contributed by atoms with Crippen molar-refractivity contribution in [1.82, 2.24) is 0 Å². The summed E-state index contributed by atoms with van der Waals surface area (Å²) in [6, 6.07) is 18.2.